The van der Waals surface area contributed by atoms with Gasteiger partial charge < -0.3 is 5.11 Å². The van der Waals surface area contributed by atoms with Crippen molar-refractivity contribution in [1.29, 1.82) is 0 Å². The molecule has 0 saturated heterocycles. The van der Waals surface area contributed by atoms with Gasteiger partial charge in [0.25, 0.3) is 0 Å². The SMILES string of the molecule is CC(CC(=O)O)Sc1ccc(Br)cc1. The molecule has 0 heterocycles. The molecule has 1 atom stereocenters. The zero-order valence-corrected chi connectivity index (χ0v) is 10.1. The summed E-state index contributed by atoms with van der Waals surface area (Å²) in [6.45, 7) is 1.92. The number of halogens is 1. The van der Waals surface area contributed by atoms with Crippen LogP contribution < -0.4 is 0 Å². The molecule has 2 nitrogen and oxygen atoms in total. The first-order valence-electron chi connectivity index (χ1n) is 4.22. The Kier molecular flexibility index (Phi) is 4.48. The standard InChI is InChI=1S/C10H11BrO2S/c1-7(6-10(12)13)14-9-4-2-8(11)3-5-9/h2-5,7H,6H2,1H3,(H,12,13). The van der Waals surface area contributed by atoms with Crippen molar-refractivity contribution >= 4 is 33.7 Å². The number of carboxylic acid groups (broad SMARTS) is 1. The molecule has 0 amide bonds. The molecule has 0 aliphatic rings. The van der Waals surface area contributed by atoms with E-state index < -0.39 is 5.97 Å². The van der Waals surface area contributed by atoms with Gasteiger partial charge in [0.15, 0.2) is 0 Å². The van der Waals surface area contributed by atoms with E-state index >= 15 is 0 Å². The molecule has 76 valence electrons. The van der Waals surface area contributed by atoms with Crippen molar-refractivity contribution in [3.8, 4) is 0 Å². The first kappa shape index (κ1) is 11.6. The van der Waals surface area contributed by atoms with Crippen molar-refractivity contribution in [2.75, 3.05) is 0 Å². The lowest BCUT2D eigenvalue weighted by Gasteiger charge is -2.07. The second-order valence-corrected chi connectivity index (χ2v) is 5.41. The Morgan fingerprint density at radius 3 is 2.57 bits per heavy atom. The van der Waals surface area contributed by atoms with Crippen LogP contribution in [0.2, 0.25) is 0 Å². The van der Waals surface area contributed by atoms with Crippen molar-refractivity contribution in [2.24, 2.45) is 0 Å². The van der Waals surface area contributed by atoms with Crippen molar-refractivity contribution < 1.29 is 9.90 Å². The van der Waals surface area contributed by atoms with Crippen LogP contribution in [0.4, 0.5) is 0 Å². The molecule has 0 radical (unpaired) electrons. The summed E-state index contributed by atoms with van der Waals surface area (Å²) in [7, 11) is 0. The monoisotopic (exact) mass is 274 g/mol. The minimum Gasteiger partial charge on any atom is -0.481 e. The van der Waals surface area contributed by atoms with Crippen LogP contribution in [0.1, 0.15) is 13.3 Å². The Balaban J connectivity index is 2.51. The van der Waals surface area contributed by atoms with Crippen LogP contribution >= 0.6 is 27.7 Å². The van der Waals surface area contributed by atoms with E-state index in [0.29, 0.717) is 0 Å². The highest BCUT2D eigenvalue weighted by Crippen LogP contribution is 2.26. The third-order valence-electron chi connectivity index (χ3n) is 1.61. The molecule has 0 spiro atoms. The Morgan fingerprint density at radius 2 is 2.07 bits per heavy atom. The van der Waals surface area contributed by atoms with Gasteiger partial charge in [0.05, 0.1) is 6.42 Å². The van der Waals surface area contributed by atoms with Crippen LogP contribution in [0.15, 0.2) is 33.6 Å². The van der Waals surface area contributed by atoms with Gasteiger partial charge in [0.2, 0.25) is 0 Å². The molecule has 0 fully saturated rings. The zero-order chi connectivity index (χ0) is 10.6. The maximum atomic E-state index is 10.4. The summed E-state index contributed by atoms with van der Waals surface area (Å²) in [5.41, 5.74) is 0. The fraction of sp³-hybridized carbons (Fsp3) is 0.300. The molecule has 0 aliphatic carbocycles. The van der Waals surface area contributed by atoms with Gasteiger partial charge in [-0.15, -0.1) is 11.8 Å². The molecule has 1 unspecified atom stereocenters. The van der Waals surface area contributed by atoms with Crippen LogP contribution in [0.25, 0.3) is 0 Å². The number of carbonyl (C=O) groups is 1. The molecule has 1 N–H and O–H groups in total. The molecule has 0 bridgehead atoms. The molecule has 1 aromatic rings. The van der Waals surface area contributed by atoms with E-state index in [-0.39, 0.29) is 11.7 Å². The van der Waals surface area contributed by atoms with Crippen molar-refractivity contribution in [3.63, 3.8) is 0 Å². The van der Waals surface area contributed by atoms with E-state index in [4.69, 9.17) is 5.11 Å². The Bertz CT molecular complexity index is 310. The zero-order valence-electron chi connectivity index (χ0n) is 7.74. The summed E-state index contributed by atoms with van der Waals surface area (Å²) in [4.78, 5) is 11.5. The van der Waals surface area contributed by atoms with Gasteiger partial charge in [-0.1, -0.05) is 22.9 Å². The molecule has 0 saturated carbocycles. The number of benzene rings is 1. The van der Waals surface area contributed by atoms with Gasteiger partial charge in [-0.2, -0.15) is 0 Å². The summed E-state index contributed by atoms with van der Waals surface area (Å²) in [6.07, 6.45) is 0.195. The summed E-state index contributed by atoms with van der Waals surface area (Å²) in [6, 6.07) is 7.87. The van der Waals surface area contributed by atoms with Crippen molar-refractivity contribution in [3.05, 3.63) is 28.7 Å². The predicted molar refractivity (Wildman–Crippen MR) is 61.7 cm³/mol. The number of hydrogen-bond acceptors (Lipinski definition) is 2. The summed E-state index contributed by atoms with van der Waals surface area (Å²) < 4.78 is 1.03. The number of aliphatic carboxylic acids is 1. The van der Waals surface area contributed by atoms with Gasteiger partial charge in [0, 0.05) is 14.6 Å². The van der Waals surface area contributed by atoms with Crippen LogP contribution in [0.5, 0.6) is 0 Å². The minimum absolute atomic E-state index is 0.105. The average Bonchev–Trinajstić information content (AvgIpc) is 2.07. The maximum absolute atomic E-state index is 10.4. The van der Waals surface area contributed by atoms with E-state index in [0.717, 1.165) is 9.37 Å². The normalized spacial score (nSPS) is 12.4. The summed E-state index contributed by atoms with van der Waals surface area (Å²) in [5, 5.41) is 8.69. The van der Waals surface area contributed by atoms with Crippen LogP contribution in [-0.4, -0.2) is 16.3 Å². The molecular formula is C10H11BrO2S. The van der Waals surface area contributed by atoms with E-state index in [1.807, 2.05) is 31.2 Å². The van der Waals surface area contributed by atoms with Crippen LogP contribution in [0, 0.1) is 0 Å². The van der Waals surface area contributed by atoms with Gasteiger partial charge in [-0.25, -0.2) is 0 Å². The summed E-state index contributed by atoms with van der Waals surface area (Å²) in [5.74, 6) is -0.748. The molecule has 0 aliphatic heterocycles. The Hall–Kier alpha value is -0.480. The second kappa shape index (κ2) is 5.41. The average molecular weight is 275 g/mol. The first-order chi connectivity index (χ1) is 6.58. The van der Waals surface area contributed by atoms with Crippen LogP contribution in [0.3, 0.4) is 0 Å². The quantitative estimate of drug-likeness (QED) is 0.856. The van der Waals surface area contributed by atoms with Crippen molar-refractivity contribution in [2.45, 2.75) is 23.5 Å². The third-order valence-corrected chi connectivity index (χ3v) is 3.26. The van der Waals surface area contributed by atoms with Gasteiger partial charge >= 0.3 is 5.97 Å². The lowest BCUT2D eigenvalue weighted by atomic mass is 10.3. The first-order valence-corrected chi connectivity index (χ1v) is 5.89. The molecule has 1 rings (SSSR count). The number of carboxylic acids is 1. The fourth-order valence-electron chi connectivity index (χ4n) is 1.03. The Morgan fingerprint density at radius 1 is 1.50 bits per heavy atom. The molecule has 1 aromatic carbocycles. The lowest BCUT2D eigenvalue weighted by Crippen LogP contribution is -2.05. The Labute approximate surface area is 95.8 Å². The molecule has 0 aromatic heterocycles. The molecule has 4 heteroatoms. The smallest absolute Gasteiger partial charge is 0.304 e. The van der Waals surface area contributed by atoms with E-state index in [1.54, 1.807) is 11.8 Å². The highest BCUT2D eigenvalue weighted by atomic mass is 79.9. The highest BCUT2D eigenvalue weighted by molar-refractivity contribution is 9.10. The lowest BCUT2D eigenvalue weighted by molar-refractivity contribution is -0.136. The molecule has 14 heavy (non-hydrogen) atoms. The van der Waals surface area contributed by atoms with E-state index in [2.05, 4.69) is 15.9 Å². The van der Waals surface area contributed by atoms with Gasteiger partial charge in [-0.05, 0) is 24.3 Å². The van der Waals surface area contributed by atoms with Crippen molar-refractivity contribution in [1.82, 2.24) is 0 Å². The number of rotatable bonds is 4. The minimum atomic E-state index is -0.748. The largest absolute Gasteiger partial charge is 0.481 e. The third kappa shape index (κ3) is 4.15. The number of thioether (sulfide) groups is 1. The summed E-state index contributed by atoms with van der Waals surface area (Å²) >= 11 is 4.93. The fourth-order valence-corrected chi connectivity index (χ4v) is 2.28. The van der Waals surface area contributed by atoms with Gasteiger partial charge in [-0.3, -0.25) is 4.79 Å². The van der Waals surface area contributed by atoms with E-state index in [1.165, 1.54) is 0 Å². The topological polar surface area (TPSA) is 37.3 Å². The van der Waals surface area contributed by atoms with Gasteiger partial charge in [0.1, 0.15) is 0 Å². The maximum Gasteiger partial charge on any atom is 0.304 e. The predicted octanol–water partition coefficient (Wildman–Crippen LogP) is 3.40. The second-order valence-electron chi connectivity index (χ2n) is 2.98. The van der Waals surface area contributed by atoms with E-state index in [9.17, 15) is 4.79 Å². The molecular weight excluding hydrogens is 264 g/mol. The number of hydrogen-bond donors (Lipinski definition) is 1. The highest BCUT2D eigenvalue weighted by Gasteiger charge is 2.08. The van der Waals surface area contributed by atoms with Crippen LogP contribution in [-0.2, 0) is 4.79 Å².